The van der Waals surface area contributed by atoms with Crippen LogP contribution in [0.2, 0.25) is 0 Å². The number of nitrogens with one attached hydrogen (secondary N) is 12. The molecule has 12 N–H and O–H groups in total. The predicted molar refractivity (Wildman–Crippen MR) is 600 cm³/mol. The first-order valence-electron chi connectivity index (χ1n) is 51.1. The normalized spacial score (nSPS) is 14.0. The van der Waals surface area contributed by atoms with E-state index < -0.39 is 5.41 Å². The molecular formula is C132H114N12. The molecule has 12 aromatic heterocycles. The van der Waals surface area contributed by atoms with E-state index in [0.717, 1.165) is 35.8 Å². The molecule has 15 aromatic carbocycles. The van der Waals surface area contributed by atoms with Crippen LogP contribution >= 0.6 is 0 Å². The highest BCUT2D eigenvalue weighted by Crippen LogP contribution is 2.56. The second-order valence-electron chi connectivity index (χ2n) is 40.2. The summed E-state index contributed by atoms with van der Waals surface area (Å²) in [6.45, 7) is 4.75. The largest absolute Gasteiger partial charge is 0.361 e. The Bertz CT molecular complexity index is 8820. The first-order chi connectivity index (χ1) is 71.2. The number of aromatic nitrogens is 12. The SMILES string of the molecule is CC(C)(CC(c1c[nH]c2ccccc12)c1c[nH]c2ccccc12)c1c[nH]c2ccccc12.c1ccc(C(CC(c2c[nH]c3ccccc23)c2c[nH]c3ccccc23)(c2ccccc2)c2c[nH]c3ccccc23)cc1.c1ccc(C(CC(c2c[nH]c3ccccc23)c2c[nH]c3ccccc23)c2c[nH]c3ccccc23)cc1.c1ccc2c(C3CCCCC3C(c3c[nH]c4ccccc34)c3c[nH]c4ccccc34)c[nH]c2c1. The third kappa shape index (κ3) is 16.2. The fourth-order valence-corrected chi connectivity index (χ4v) is 25.2. The molecular weight excluding hydrogens is 1750 g/mol. The number of aromatic amines is 12. The fourth-order valence-electron chi connectivity index (χ4n) is 25.2. The van der Waals surface area contributed by atoms with Gasteiger partial charge in [-0.05, 0) is 206 Å². The zero-order valence-corrected chi connectivity index (χ0v) is 80.8. The van der Waals surface area contributed by atoms with Crippen molar-refractivity contribution in [3.8, 4) is 0 Å². The number of hydrogen-bond acceptors (Lipinski definition) is 0. The van der Waals surface area contributed by atoms with Crippen LogP contribution in [-0.2, 0) is 10.8 Å². The Kier molecular flexibility index (Phi) is 23.3. The van der Waals surface area contributed by atoms with E-state index in [-0.39, 0.29) is 29.1 Å². The molecule has 28 rings (SSSR count). The van der Waals surface area contributed by atoms with Gasteiger partial charge in [-0.1, -0.05) is 336 Å². The minimum absolute atomic E-state index is 0.0268. The summed E-state index contributed by atoms with van der Waals surface area (Å²) in [5.41, 5.74) is 34.1. The first kappa shape index (κ1) is 88.2. The lowest BCUT2D eigenvalue weighted by atomic mass is 9.63. The van der Waals surface area contributed by atoms with E-state index >= 15 is 0 Å². The first-order valence-corrected chi connectivity index (χ1v) is 51.1. The minimum atomic E-state index is -0.441. The van der Waals surface area contributed by atoms with Crippen molar-refractivity contribution in [3.05, 3.63) is 540 Å². The van der Waals surface area contributed by atoms with E-state index in [1.807, 2.05) is 0 Å². The highest BCUT2D eigenvalue weighted by Gasteiger charge is 2.44. The van der Waals surface area contributed by atoms with Gasteiger partial charge in [0.15, 0.2) is 0 Å². The summed E-state index contributed by atoms with van der Waals surface area (Å²) in [6, 6.07) is 137. The van der Waals surface area contributed by atoms with Crippen LogP contribution in [0.25, 0.3) is 131 Å². The van der Waals surface area contributed by atoms with Crippen molar-refractivity contribution >= 4 is 131 Å². The van der Waals surface area contributed by atoms with Gasteiger partial charge in [-0.25, -0.2) is 0 Å². The lowest BCUT2D eigenvalue weighted by Gasteiger charge is -2.38. The highest BCUT2D eigenvalue weighted by molar-refractivity contribution is 5.96. The standard InChI is InChI=1S/C39H31N3.C33H27N3.C31H29N3.C29H27N3/c1-3-13-27(14-4-1)39(28-15-5-2-6-16-28,35-26-42-38-22-12-9-19-31(35)38)23-32(33-24-40-36-20-10-7-17-29(33)36)34-25-41-37-21-11-8-18-30(34)37;1-2-10-22(11-3-1)26(28-19-34-31-15-7-4-12-23(28)31)18-27(29-20-35-32-16-8-5-13-24(29)32)30-21-36-33-17-9-6-14-25(30)33;1-2-13-24(20(9-1)25-17-32-28-14-6-3-10-21(25)28)31(26-18-33-29-15-7-4-11-22(26)29)27-19-34-30-16-8-5-12-23(27)30;1-29(2,25-18-32-28-14-8-5-11-21(25)28)15-22(23-16-30-26-12-6-3-9-19(23)26)24-17-31-27-13-7-4-10-20(24)27/h1-22,24-26,32,40-42H,23H2;1-17,19-21,26-27,34-36H,18H2;3-8,10-12,14-20,24,31-34H,1-2,9,13H2;3-14,16-18,22,30-32H,15H2,1-2H3. The van der Waals surface area contributed by atoms with Crippen molar-refractivity contribution in [1.82, 2.24) is 59.8 Å². The van der Waals surface area contributed by atoms with E-state index in [0.29, 0.717) is 17.8 Å². The number of benzene rings is 15. The smallest absolute Gasteiger partial charge is 0.0481 e. The van der Waals surface area contributed by atoms with Gasteiger partial charge in [-0.15, -0.1) is 0 Å². The van der Waals surface area contributed by atoms with Crippen LogP contribution in [0.4, 0.5) is 0 Å². The van der Waals surface area contributed by atoms with E-state index in [1.54, 1.807) is 0 Å². The highest BCUT2D eigenvalue weighted by atomic mass is 14.8. The molecule has 0 amide bonds. The average Bonchev–Trinajstić information content (AvgIpc) is 1.38. The number of para-hydroxylation sites is 12. The molecule has 1 saturated carbocycles. The topological polar surface area (TPSA) is 189 Å². The van der Waals surface area contributed by atoms with Gasteiger partial charge in [-0.3, -0.25) is 0 Å². The Hall–Kier alpha value is -17.2. The maximum absolute atomic E-state index is 3.62. The Labute approximate surface area is 836 Å². The number of H-pyrrole nitrogens is 12. The zero-order valence-electron chi connectivity index (χ0n) is 80.8. The molecule has 1 aliphatic carbocycles. The molecule has 0 radical (unpaired) electrons. The van der Waals surface area contributed by atoms with Crippen molar-refractivity contribution in [2.24, 2.45) is 5.92 Å². The van der Waals surface area contributed by atoms with E-state index in [9.17, 15) is 0 Å². The van der Waals surface area contributed by atoms with Crippen LogP contribution in [0.1, 0.15) is 178 Å². The lowest BCUT2D eigenvalue weighted by Crippen LogP contribution is -2.32. The van der Waals surface area contributed by atoms with E-state index in [2.05, 4.69) is 530 Å². The van der Waals surface area contributed by atoms with E-state index in [4.69, 9.17) is 0 Å². The van der Waals surface area contributed by atoms with Gasteiger partial charge in [0.2, 0.25) is 0 Å². The summed E-state index contributed by atoms with van der Waals surface area (Å²) in [5.74, 6) is 2.16. The van der Waals surface area contributed by atoms with Crippen molar-refractivity contribution in [2.75, 3.05) is 0 Å². The van der Waals surface area contributed by atoms with Gasteiger partial charge >= 0.3 is 0 Å². The average molecular weight is 1870 g/mol. The summed E-state index contributed by atoms with van der Waals surface area (Å²) in [6.07, 6.45) is 34.7. The van der Waals surface area contributed by atoms with Gasteiger partial charge in [0, 0.05) is 240 Å². The summed E-state index contributed by atoms with van der Waals surface area (Å²) in [5, 5.41) is 15.7. The predicted octanol–water partition coefficient (Wildman–Crippen LogP) is 34.0. The van der Waals surface area contributed by atoms with E-state index in [1.165, 1.54) is 223 Å². The van der Waals surface area contributed by atoms with Crippen molar-refractivity contribution in [2.45, 2.75) is 105 Å². The van der Waals surface area contributed by atoms with Crippen LogP contribution in [0.15, 0.2) is 457 Å². The molecule has 0 saturated heterocycles. The van der Waals surface area contributed by atoms with Crippen LogP contribution in [0.3, 0.4) is 0 Å². The Morgan fingerprint density at radius 1 is 0.215 bits per heavy atom. The van der Waals surface area contributed by atoms with Crippen LogP contribution in [0, 0.1) is 5.92 Å². The molecule has 3 unspecified atom stereocenters. The molecule has 12 nitrogen and oxygen atoms in total. The van der Waals surface area contributed by atoms with Crippen molar-refractivity contribution < 1.29 is 0 Å². The Balaban J connectivity index is 0.000000101. The molecule has 144 heavy (non-hydrogen) atoms. The second kappa shape index (κ2) is 38.1. The van der Waals surface area contributed by atoms with Crippen LogP contribution in [-0.4, -0.2) is 59.8 Å². The fraction of sp³-hybridized carbons (Fsp3) is 0.136. The quantitative estimate of drug-likeness (QED) is 0.0308. The van der Waals surface area contributed by atoms with Crippen molar-refractivity contribution in [3.63, 3.8) is 0 Å². The summed E-state index contributed by atoms with van der Waals surface area (Å²) in [4.78, 5) is 42.6. The number of rotatable bonds is 22. The summed E-state index contributed by atoms with van der Waals surface area (Å²) >= 11 is 0. The molecule has 3 atom stereocenters. The third-order valence-electron chi connectivity index (χ3n) is 32.0. The molecule has 702 valence electrons. The lowest BCUT2D eigenvalue weighted by molar-refractivity contribution is 0.283. The molecule has 0 spiro atoms. The van der Waals surface area contributed by atoms with Gasteiger partial charge in [0.25, 0.3) is 0 Å². The Morgan fingerprint density at radius 2 is 0.458 bits per heavy atom. The van der Waals surface area contributed by atoms with Crippen LogP contribution < -0.4 is 0 Å². The minimum Gasteiger partial charge on any atom is -0.361 e. The molecule has 12 heteroatoms. The van der Waals surface area contributed by atoms with Crippen LogP contribution in [0.5, 0.6) is 0 Å². The van der Waals surface area contributed by atoms with Gasteiger partial charge in [0.05, 0.1) is 0 Å². The molecule has 0 aliphatic heterocycles. The molecule has 1 fully saturated rings. The number of fused-ring (bicyclic) bond motifs is 12. The maximum atomic E-state index is 3.62. The molecule has 0 bridgehead atoms. The maximum Gasteiger partial charge on any atom is 0.0481 e. The van der Waals surface area contributed by atoms with Gasteiger partial charge < -0.3 is 59.8 Å². The summed E-state index contributed by atoms with van der Waals surface area (Å²) in [7, 11) is 0. The second-order valence-corrected chi connectivity index (χ2v) is 40.2. The van der Waals surface area contributed by atoms with Gasteiger partial charge in [0.1, 0.15) is 0 Å². The molecule has 12 heterocycles. The molecule has 1 aliphatic rings. The third-order valence-corrected chi connectivity index (χ3v) is 32.0. The number of hydrogen-bond donors (Lipinski definition) is 12. The van der Waals surface area contributed by atoms with Gasteiger partial charge in [-0.2, -0.15) is 0 Å². The molecule has 27 aromatic rings. The zero-order chi connectivity index (χ0) is 96.0. The van der Waals surface area contributed by atoms with Crippen molar-refractivity contribution in [1.29, 1.82) is 0 Å². The monoisotopic (exact) mass is 1870 g/mol. The Morgan fingerprint density at radius 3 is 0.819 bits per heavy atom. The summed E-state index contributed by atoms with van der Waals surface area (Å²) < 4.78 is 0.